The second-order valence-electron chi connectivity index (χ2n) is 9.59. The van der Waals surface area contributed by atoms with Crippen LogP contribution in [0, 0.1) is 5.41 Å². The molecule has 5 heteroatoms. The quantitative estimate of drug-likeness (QED) is 0.236. The summed E-state index contributed by atoms with van der Waals surface area (Å²) in [7, 11) is 1.67. The van der Waals surface area contributed by atoms with Crippen molar-refractivity contribution in [1.29, 1.82) is 5.41 Å². The van der Waals surface area contributed by atoms with Crippen LogP contribution < -0.4 is 10.3 Å². The van der Waals surface area contributed by atoms with Crippen molar-refractivity contribution in [2.24, 2.45) is 0 Å². The first-order valence-electron chi connectivity index (χ1n) is 13.5. The van der Waals surface area contributed by atoms with Crippen molar-refractivity contribution < 1.29 is 4.74 Å². The summed E-state index contributed by atoms with van der Waals surface area (Å²) >= 11 is 0. The van der Waals surface area contributed by atoms with Crippen LogP contribution in [0.2, 0.25) is 0 Å². The zero-order valence-corrected chi connectivity index (χ0v) is 23.1. The first-order valence-corrected chi connectivity index (χ1v) is 13.5. The molecule has 196 valence electrons. The van der Waals surface area contributed by atoms with Gasteiger partial charge in [0.25, 0.3) is 5.56 Å². The largest absolute Gasteiger partial charge is 0.496 e. The average Bonchev–Trinajstić information content (AvgIpc) is 2.94. The van der Waals surface area contributed by atoms with Crippen LogP contribution in [0.5, 0.6) is 5.75 Å². The highest BCUT2D eigenvalue weighted by atomic mass is 16.5. The molecule has 3 aromatic carbocycles. The molecule has 0 bridgehead atoms. The average molecular weight is 508 g/mol. The van der Waals surface area contributed by atoms with Gasteiger partial charge in [-0.2, -0.15) is 0 Å². The Balaban J connectivity index is 1.78. The van der Waals surface area contributed by atoms with Crippen LogP contribution in [0.1, 0.15) is 67.9 Å². The van der Waals surface area contributed by atoms with Crippen molar-refractivity contribution in [3.8, 4) is 22.6 Å². The lowest BCUT2D eigenvalue weighted by Gasteiger charge is -2.18. The SMILES string of the molecule is CCCc1nc(CC)n(-c2ccc(OC)c(CC)c2)c(=O)c1Cc1ccc(-c2ccccc2C(C)=N)cc1. The number of hydrogen-bond donors (Lipinski definition) is 1. The molecule has 0 unspecified atom stereocenters. The molecule has 1 N–H and O–H groups in total. The molecular formula is C33H37N3O2. The number of nitrogens with one attached hydrogen (secondary N) is 1. The molecule has 0 aliphatic rings. The van der Waals surface area contributed by atoms with Gasteiger partial charge in [-0.15, -0.1) is 0 Å². The molecule has 0 saturated carbocycles. The van der Waals surface area contributed by atoms with E-state index >= 15 is 0 Å². The fourth-order valence-electron chi connectivity index (χ4n) is 5.02. The summed E-state index contributed by atoms with van der Waals surface area (Å²) in [6, 6.07) is 22.3. The molecule has 4 rings (SSSR count). The molecule has 0 saturated heterocycles. The molecule has 38 heavy (non-hydrogen) atoms. The number of nitrogens with zero attached hydrogens (tertiary/aromatic N) is 2. The number of aromatic nitrogens is 2. The maximum Gasteiger partial charge on any atom is 0.261 e. The van der Waals surface area contributed by atoms with E-state index in [4.69, 9.17) is 15.1 Å². The molecule has 0 atom stereocenters. The Labute approximate surface area is 225 Å². The van der Waals surface area contributed by atoms with E-state index in [1.165, 1.54) is 0 Å². The second kappa shape index (κ2) is 12.0. The molecule has 0 aliphatic carbocycles. The van der Waals surface area contributed by atoms with Gasteiger partial charge in [0.15, 0.2) is 0 Å². The lowest BCUT2D eigenvalue weighted by atomic mass is 9.95. The van der Waals surface area contributed by atoms with Gasteiger partial charge in [-0.25, -0.2) is 4.98 Å². The van der Waals surface area contributed by atoms with E-state index in [1.807, 2.05) is 56.3 Å². The van der Waals surface area contributed by atoms with Crippen molar-refractivity contribution in [2.45, 2.75) is 59.8 Å². The molecule has 0 radical (unpaired) electrons. The molecule has 0 fully saturated rings. The van der Waals surface area contributed by atoms with E-state index in [9.17, 15) is 4.79 Å². The maximum atomic E-state index is 14.1. The van der Waals surface area contributed by atoms with Crippen LogP contribution in [-0.2, 0) is 25.7 Å². The molecule has 4 aromatic rings. The van der Waals surface area contributed by atoms with E-state index in [0.29, 0.717) is 18.6 Å². The highest BCUT2D eigenvalue weighted by Gasteiger charge is 2.18. The van der Waals surface area contributed by atoms with E-state index in [-0.39, 0.29) is 5.56 Å². The Kier molecular flexibility index (Phi) is 8.57. The van der Waals surface area contributed by atoms with Gasteiger partial charge in [0.05, 0.1) is 18.5 Å². The van der Waals surface area contributed by atoms with Gasteiger partial charge in [0.2, 0.25) is 0 Å². The van der Waals surface area contributed by atoms with Gasteiger partial charge in [-0.05, 0) is 60.2 Å². The predicted octanol–water partition coefficient (Wildman–Crippen LogP) is 6.96. The van der Waals surface area contributed by atoms with Gasteiger partial charge >= 0.3 is 0 Å². The van der Waals surface area contributed by atoms with Gasteiger partial charge in [0.1, 0.15) is 11.6 Å². The first kappa shape index (κ1) is 27.1. The summed E-state index contributed by atoms with van der Waals surface area (Å²) < 4.78 is 7.30. The summed E-state index contributed by atoms with van der Waals surface area (Å²) in [4.78, 5) is 19.1. The first-order chi connectivity index (χ1) is 18.4. The minimum Gasteiger partial charge on any atom is -0.496 e. The maximum absolute atomic E-state index is 14.1. The fraction of sp³-hybridized carbons (Fsp3) is 0.303. The third-order valence-electron chi connectivity index (χ3n) is 7.01. The van der Waals surface area contributed by atoms with Crippen molar-refractivity contribution in [3.05, 3.63) is 111 Å². The minimum absolute atomic E-state index is 0.00127. The Hall–Kier alpha value is -3.99. The van der Waals surface area contributed by atoms with Crippen molar-refractivity contribution in [3.63, 3.8) is 0 Å². The van der Waals surface area contributed by atoms with Crippen LogP contribution in [0.4, 0.5) is 0 Å². The van der Waals surface area contributed by atoms with Crippen molar-refractivity contribution >= 4 is 5.71 Å². The summed E-state index contributed by atoms with van der Waals surface area (Å²) in [6.45, 7) is 8.07. The normalized spacial score (nSPS) is 11.0. The van der Waals surface area contributed by atoms with Crippen molar-refractivity contribution in [2.75, 3.05) is 7.11 Å². The number of benzene rings is 3. The third-order valence-corrected chi connectivity index (χ3v) is 7.01. The molecular weight excluding hydrogens is 470 g/mol. The number of methoxy groups -OCH3 is 1. The molecule has 0 amide bonds. The third kappa shape index (κ3) is 5.47. The number of hydrogen-bond acceptors (Lipinski definition) is 4. The Morgan fingerprint density at radius 1 is 0.974 bits per heavy atom. The van der Waals surface area contributed by atoms with Gasteiger partial charge in [-0.1, -0.05) is 75.7 Å². The Morgan fingerprint density at radius 3 is 2.34 bits per heavy atom. The summed E-state index contributed by atoms with van der Waals surface area (Å²) in [6.07, 6.45) is 3.70. The van der Waals surface area contributed by atoms with E-state index in [2.05, 4.69) is 38.1 Å². The number of rotatable bonds is 10. The smallest absolute Gasteiger partial charge is 0.261 e. The van der Waals surface area contributed by atoms with E-state index < -0.39 is 0 Å². The van der Waals surface area contributed by atoms with Crippen LogP contribution in [-0.4, -0.2) is 22.4 Å². The molecule has 0 aliphatic heterocycles. The van der Waals surface area contributed by atoms with Crippen LogP contribution >= 0.6 is 0 Å². The number of ether oxygens (including phenoxy) is 1. The topological polar surface area (TPSA) is 68.0 Å². The monoisotopic (exact) mass is 507 g/mol. The Bertz CT molecular complexity index is 1500. The fourth-order valence-corrected chi connectivity index (χ4v) is 5.02. The van der Waals surface area contributed by atoms with Gasteiger partial charge in [-0.3, -0.25) is 9.36 Å². The minimum atomic E-state index is 0.00127. The molecule has 5 nitrogen and oxygen atoms in total. The molecule has 1 heterocycles. The second-order valence-corrected chi connectivity index (χ2v) is 9.59. The predicted molar refractivity (Wildman–Crippen MR) is 156 cm³/mol. The summed E-state index contributed by atoms with van der Waals surface area (Å²) in [5.41, 5.74) is 8.18. The van der Waals surface area contributed by atoms with E-state index in [1.54, 1.807) is 11.7 Å². The van der Waals surface area contributed by atoms with Crippen LogP contribution in [0.15, 0.2) is 71.5 Å². The zero-order valence-electron chi connectivity index (χ0n) is 23.1. The number of aryl methyl sites for hydroxylation is 3. The van der Waals surface area contributed by atoms with Gasteiger partial charge < -0.3 is 10.1 Å². The van der Waals surface area contributed by atoms with Crippen LogP contribution in [0.3, 0.4) is 0 Å². The molecule has 0 spiro atoms. The summed E-state index contributed by atoms with van der Waals surface area (Å²) in [5.74, 6) is 1.61. The highest BCUT2D eigenvalue weighted by molar-refractivity contribution is 6.02. The summed E-state index contributed by atoms with van der Waals surface area (Å²) in [5, 5.41) is 8.12. The lowest BCUT2D eigenvalue weighted by molar-refractivity contribution is 0.410. The van der Waals surface area contributed by atoms with E-state index in [0.717, 1.165) is 75.6 Å². The van der Waals surface area contributed by atoms with Crippen LogP contribution in [0.25, 0.3) is 16.8 Å². The highest BCUT2D eigenvalue weighted by Crippen LogP contribution is 2.26. The lowest BCUT2D eigenvalue weighted by Crippen LogP contribution is -2.29. The molecule has 1 aromatic heterocycles. The van der Waals surface area contributed by atoms with Crippen molar-refractivity contribution in [1.82, 2.24) is 9.55 Å². The Morgan fingerprint density at radius 2 is 1.71 bits per heavy atom. The van der Waals surface area contributed by atoms with Gasteiger partial charge in [0, 0.05) is 29.7 Å². The standard InChI is InChI=1S/C33H37N3O2/c1-6-11-30-29(20-23-14-16-25(17-15-23)28-13-10-9-12-27(28)22(4)34)33(37)36(32(8-3)35-30)26-18-19-31(38-5)24(7-2)21-26/h9-10,12-19,21,34H,6-8,11,20H2,1-5H3. The zero-order chi connectivity index (χ0) is 27.2.